The highest BCUT2D eigenvalue weighted by molar-refractivity contribution is 6.04. The number of anilines is 4. The number of carbonyl (C=O) groups excluding carboxylic acids is 1. The zero-order valence-corrected chi connectivity index (χ0v) is 37.9. The van der Waals surface area contributed by atoms with Crippen molar-refractivity contribution in [2.75, 3.05) is 60.8 Å². The van der Waals surface area contributed by atoms with Crippen LogP contribution < -0.4 is 20.0 Å². The summed E-state index contributed by atoms with van der Waals surface area (Å²) in [5.74, 6) is -0.113. The van der Waals surface area contributed by atoms with Crippen LogP contribution in [0.15, 0.2) is 121 Å². The van der Waals surface area contributed by atoms with Gasteiger partial charge in [0.25, 0.3) is 0 Å². The molecule has 0 unspecified atom stereocenters. The van der Waals surface area contributed by atoms with Gasteiger partial charge in [-0.25, -0.2) is 9.97 Å². The van der Waals surface area contributed by atoms with E-state index in [1.165, 1.54) is 46.2 Å². The molecule has 0 saturated heterocycles. The molecule has 326 valence electrons. The molecule has 9 heteroatoms. The Morgan fingerprint density at radius 3 is 1.18 bits per heavy atom. The molecule has 3 N–H and O–H groups in total. The molecule has 0 fully saturated rings. The third-order valence-corrected chi connectivity index (χ3v) is 13.5. The van der Waals surface area contributed by atoms with E-state index < -0.39 is 0 Å². The zero-order valence-electron chi connectivity index (χ0n) is 37.9. The first-order valence-electron chi connectivity index (χ1n) is 22.8. The number of nitrogens with one attached hydrogen (secondary N) is 3. The van der Waals surface area contributed by atoms with Crippen molar-refractivity contribution in [2.24, 2.45) is 0 Å². The Hall–Kier alpha value is -8.43. The molecule has 0 atom stereocenters. The molecular weight excluding hydrogens is 825 g/mol. The monoisotopic (exact) mass is 872 g/mol. The Labute approximate surface area is 389 Å². The molecule has 4 aromatic carbocycles. The van der Waals surface area contributed by atoms with Gasteiger partial charge in [-0.2, -0.15) is 0 Å². The van der Waals surface area contributed by atoms with E-state index in [0.29, 0.717) is 19.6 Å². The standard InChI is InChI=1S/C58H48N8O/c1-35(67)59-43-19-17-36(18-20-43)55-44-21-23-46(60-44)56(40-29-37-11-5-8-14-52(37)64(2)32-40)48-25-27-50(62-48)58(42-31-39-13-7-10-16-54(39)66(4)34-42)51-28-26-49(63-51)57(47-24-22-45(55)61-47)41-30-38-12-6-9-15-53(38)65(3)33-41/h5-31,60,63H,32-34H2,1-4H3,(H,59,67). The number of H-pyrrole nitrogens is 2. The lowest BCUT2D eigenvalue weighted by atomic mass is 9.96. The first-order chi connectivity index (χ1) is 32.7. The molecule has 1 amide bonds. The summed E-state index contributed by atoms with van der Waals surface area (Å²) in [5, 5.41) is 2.94. The predicted molar refractivity (Wildman–Crippen MR) is 281 cm³/mol. The lowest BCUT2D eigenvalue weighted by Crippen LogP contribution is -2.23. The minimum atomic E-state index is -0.113. The highest BCUT2D eigenvalue weighted by atomic mass is 16.1. The Bertz CT molecular complexity index is 3490. The van der Waals surface area contributed by atoms with Crippen LogP contribution in [0.1, 0.15) is 63.1 Å². The molecule has 0 spiro atoms. The fraction of sp³-hybridized carbons (Fsp3) is 0.121. The number of likely N-dealkylation sites (N-methyl/N-ethyl adjacent to an activating group) is 3. The van der Waals surface area contributed by atoms with E-state index in [-0.39, 0.29) is 5.91 Å². The van der Waals surface area contributed by atoms with Crippen molar-refractivity contribution in [1.82, 2.24) is 19.9 Å². The van der Waals surface area contributed by atoms with Gasteiger partial charge in [0.1, 0.15) is 0 Å². The number of hydrogen-bond donors (Lipinski definition) is 3. The van der Waals surface area contributed by atoms with Crippen molar-refractivity contribution in [3.8, 4) is 11.1 Å². The van der Waals surface area contributed by atoms with Crippen molar-refractivity contribution in [3.63, 3.8) is 0 Å². The third kappa shape index (κ3) is 7.07. The van der Waals surface area contributed by atoms with Crippen molar-refractivity contribution < 1.29 is 4.79 Å². The summed E-state index contributed by atoms with van der Waals surface area (Å²) in [6.45, 7) is 3.65. The molecule has 0 saturated carbocycles. The topological polar surface area (TPSA) is 96.2 Å². The molecule has 67 heavy (non-hydrogen) atoms. The summed E-state index contributed by atoms with van der Waals surface area (Å²) < 4.78 is 0. The second-order valence-corrected chi connectivity index (χ2v) is 18.0. The number of aromatic nitrogens is 4. The number of para-hydroxylation sites is 3. The normalized spacial score (nSPS) is 14.8. The molecule has 7 aromatic rings. The molecule has 9 nitrogen and oxygen atoms in total. The number of hydrogen-bond acceptors (Lipinski definition) is 6. The summed E-state index contributed by atoms with van der Waals surface area (Å²) in [7, 11) is 6.48. The summed E-state index contributed by atoms with van der Waals surface area (Å²) in [6.07, 6.45) is 15.6. The second-order valence-electron chi connectivity index (χ2n) is 18.0. The maximum atomic E-state index is 12.1. The van der Waals surface area contributed by atoms with E-state index in [0.717, 1.165) is 89.5 Å². The zero-order chi connectivity index (χ0) is 45.3. The molecule has 3 aromatic heterocycles. The maximum absolute atomic E-state index is 12.1. The largest absolute Gasteiger partial charge is 0.370 e. The molecular formula is C58H48N8O. The molecule has 0 radical (unpaired) electrons. The Balaban J connectivity index is 1.20. The fourth-order valence-electron chi connectivity index (χ4n) is 10.5. The van der Waals surface area contributed by atoms with Crippen LogP contribution in [0.4, 0.5) is 22.7 Å². The van der Waals surface area contributed by atoms with Crippen LogP contribution in [0, 0.1) is 0 Å². The van der Waals surface area contributed by atoms with Crippen LogP contribution in [0.3, 0.4) is 0 Å². The smallest absolute Gasteiger partial charge is 0.221 e. The average molecular weight is 873 g/mol. The molecule has 0 aliphatic carbocycles. The number of carbonyl (C=O) groups is 1. The molecule has 5 aliphatic heterocycles. The first kappa shape index (κ1) is 40.1. The Morgan fingerprint density at radius 1 is 0.463 bits per heavy atom. The highest BCUT2D eigenvalue weighted by Gasteiger charge is 2.26. The van der Waals surface area contributed by atoms with E-state index in [1.54, 1.807) is 0 Å². The second kappa shape index (κ2) is 15.9. The van der Waals surface area contributed by atoms with Crippen LogP contribution >= 0.6 is 0 Å². The summed E-state index contributed by atoms with van der Waals surface area (Å²) in [4.78, 5) is 38.1. The summed E-state index contributed by atoms with van der Waals surface area (Å²) in [6, 6.07) is 42.5. The number of fused-ring (bicyclic) bond motifs is 11. The van der Waals surface area contributed by atoms with Gasteiger partial charge in [0, 0.05) is 115 Å². The van der Waals surface area contributed by atoms with Gasteiger partial charge in [-0.05, 0) is 136 Å². The van der Waals surface area contributed by atoms with Gasteiger partial charge >= 0.3 is 0 Å². The lowest BCUT2D eigenvalue weighted by Gasteiger charge is -2.28. The van der Waals surface area contributed by atoms with Crippen molar-refractivity contribution >= 4 is 110 Å². The third-order valence-electron chi connectivity index (χ3n) is 13.5. The van der Waals surface area contributed by atoms with E-state index >= 15 is 0 Å². The summed E-state index contributed by atoms with van der Waals surface area (Å²) >= 11 is 0. The fourth-order valence-corrected chi connectivity index (χ4v) is 10.5. The molecule has 8 heterocycles. The number of aromatic amines is 2. The number of amides is 1. The van der Waals surface area contributed by atoms with Crippen LogP contribution in [0.25, 0.3) is 92.4 Å². The van der Waals surface area contributed by atoms with Crippen LogP contribution in [0.5, 0.6) is 0 Å². The van der Waals surface area contributed by atoms with Gasteiger partial charge in [0.2, 0.25) is 5.91 Å². The molecule has 5 aliphatic rings. The van der Waals surface area contributed by atoms with Crippen LogP contribution in [-0.2, 0) is 4.79 Å². The number of rotatable bonds is 5. The van der Waals surface area contributed by atoms with E-state index in [4.69, 9.17) is 9.97 Å². The Kier molecular flexibility index (Phi) is 9.53. The van der Waals surface area contributed by atoms with Gasteiger partial charge in [0.15, 0.2) is 0 Å². The predicted octanol–water partition coefficient (Wildman–Crippen LogP) is 12.3. The molecule has 8 bridgehead atoms. The minimum Gasteiger partial charge on any atom is -0.370 e. The molecule has 12 rings (SSSR count). The van der Waals surface area contributed by atoms with Crippen molar-refractivity contribution in [3.05, 3.63) is 177 Å². The first-order valence-corrected chi connectivity index (χ1v) is 22.8. The number of benzene rings is 4. The maximum Gasteiger partial charge on any atom is 0.221 e. The lowest BCUT2D eigenvalue weighted by molar-refractivity contribution is -0.114. The van der Waals surface area contributed by atoms with Gasteiger partial charge in [-0.1, -0.05) is 66.7 Å². The minimum absolute atomic E-state index is 0.113. The van der Waals surface area contributed by atoms with Crippen LogP contribution in [-0.4, -0.2) is 66.6 Å². The SMILES string of the molecule is CC(=O)Nc1ccc(-c2c3nc(c(C4=Cc5ccccc5N(C)C4)c4ccc([nH]4)c(C4=Cc5ccccc5N(C)C4)c4nc(c(C5=Cc6ccccc6N(C)C5)c5ccc2[nH]5)C=C4)C=C3)cc1. The van der Waals surface area contributed by atoms with Gasteiger partial charge in [-0.3, -0.25) is 4.79 Å². The van der Waals surface area contributed by atoms with Crippen LogP contribution in [0.2, 0.25) is 0 Å². The average Bonchev–Trinajstić information content (AvgIpc) is 4.18. The van der Waals surface area contributed by atoms with E-state index in [9.17, 15) is 4.79 Å². The van der Waals surface area contributed by atoms with Gasteiger partial charge in [0.05, 0.1) is 22.8 Å². The van der Waals surface area contributed by atoms with Crippen molar-refractivity contribution in [1.29, 1.82) is 0 Å². The highest BCUT2D eigenvalue weighted by Crippen LogP contribution is 2.41. The van der Waals surface area contributed by atoms with Gasteiger partial charge in [-0.15, -0.1) is 0 Å². The van der Waals surface area contributed by atoms with Gasteiger partial charge < -0.3 is 30.0 Å². The quantitative estimate of drug-likeness (QED) is 0.159. The number of nitrogens with zero attached hydrogens (tertiary/aromatic N) is 5. The van der Waals surface area contributed by atoms with Crippen molar-refractivity contribution in [2.45, 2.75) is 6.92 Å². The summed E-state index contributed by atoms with van der Waals surface area (Å²) in [5.41, 5.74) is 23.7. The van der Waals surface area contributed by atoms with E-state index in [2.05, 4.69) is 203 Å². The Morgan fingerprint density at radius 2 is 0.806 bits per heavy atom. The van der Waals surface area contributed by atoms with E-state index in [1.807, 2.05) is 12.1 Å².